The maximum Gasteiger partial charge on any atom is 0.420 e. The van der Waals surface area contributed by atoms with Crippen molar-refractivity contribution in [1.29, 1.82) is 0 Å². The Balaban J connectivity index is 2.64. The monoisotopic (exact) mass is 317 g/mol. The fraction of sp³-hybridized carbons (Fsp3) is 0.231. The van der Waals surface area contributed by atoms with E-state index < -0.39 is 29.2 Å². The second-order valence-electron chi connectivity index (χ2n) is 4.11. The zero-order valence-corrected chi connectivity index (χ0v) is 11.4. The number of alkyl halides is 3. The molecule has 0 saturated carbocycles. The zero-order chi connectivity index (χ0) is 16.5. The largest absolute Gasteiger partial charge is 0.492 e. The SMILES string of the molecule is COc1c(-c2cc(C(=O)O)on2)ccc(C(F)(F)F)c1OC. The minimum Gasteiger partial charge on any atom is -0.492 e. The van der Waals surface area contributed by atoms with Crippen LogP contribution in [0, 0.1) is 0 Å². The van der Waals surface area contributed by atoms with Crippen LogP contribution in [0.25, 0.3) is 11.3 Å². The van der Waals surface area contributed by atoms with Crippen LogP contribution in [0.3, 0.4) is 0 Å². The number of benzene rings is 1. The number of aromatic nitrogens is 1. The van der Waals surface area contributed by atoms with E-state index in [1.54, 1.807) is 0 Å². The lowest BCUT2D eigenvalue weighted by Gasteiger charge is -2.17. The molecule has 6 nitrogen and oxygen atoms in total. The van der Waals surface area contributed by atoms with E-state index in [1.165, 1.54) is 7.11 Å². The topological polar surface area (TPSA) is 81.8 Å². The third-order valence-corrected chi connectivity index (χ3v) is 2.82. The van der Waals surface area contributed by atoms with Crippen molar-refractivity contribution in [2.75, 3.05) is 14.2 Å². The smallest absolute Gasteiger partial charge is 0.420 e. The Hall–Kier alpha value is -2.71. The predicted molar refractivity (Wildman–Crippen MR) is 67.0 cm³/mol. The van der Waals surface area contributed by atoms with Gasteiger partial charge in [0.15, 0.2) is 11.5 Å². The molecular formula is C13H10F3NO5. The number of nitrogens with zero attached hydrogens (tertiary/aromatic N) is 1. The average Bonchev–Trinajstić information content (AvgIpc) is 2.94. The van der Waals surface area contributed by atoms with Gasteiger partial charge < -0.3 is 19.1 Å². The van der Waals surface area contributed by atoms with Crippen molar-refractivity contribution in [2.24, 2.45) is 0 Å². The molecule has 0 bridgehead atoms. The number of carboxylic acid groups (broad SMARTS) is 1. The van der Waals surface area contributed by atoms with Crippen molar-refractivity contribution in [3.63, 3.8) is 0 Å². The van der Waals surface area contributed by atoms with E-state index >= 15 is 0 Å². The van der Waals surface area contributed by atoms with Crippen LogP contribution in [-0.4, -0.2) is 30.5 Å². The van der Waals surface area contributed by atoms with Crippen LogP contribution < -0.4 is 9.47 Å². The molecule has 1 N–H and O–H groups in total. The summed E-state index contributed by atoms with van der Waals surface area (Å²) in [6, 6.07) is 2.98. The summed E-state index contributed by atoms with van der Waals surface area (Å²) < 4.78 is 53.2. The predicted octanol–water partition coefficient (Wildman–Crippen LogP) is 3.08. The molecule has 2 aromatic rings. The molecule has 0 aliphatic rings. The highest BCUT2D eigenvalue weighted by atomic mass is 19.4. The van der Waals surface area contributed by atoms with Gasteiger partial charge in [-0.05, 0) is 12.1 Å². The van der Waals surface area contributed by atoms with Crippen molar-refractivity contribution in [3.8, 4) is 22.8 Å². The number of hydrogen-bond acceptors (Lipinski definition) is 5. The minimum absolute atomic E-state index is 0.0151. The summed E-state index contributed by atoms with van der Waals surface area (Å²) in [6.07, 6.45) is -4.63. The molecule has 0 unspecified atom stereocenters. The summed E-state index contributed by atoms with van der Waals surface area (Å²) in [5, 5.41) is 12.3. The molecule has 22 heavy (non-hydrogen) atoms. The first kappa shape index (κ1) is 15.7. The Morgan fingerprint density at radius 2 is 1.86 bits per heavy atom. The third-order valence-electron chi connectivity index (χ3n) is 2.82. The molecule has 0 radical (unpaired) electrons. The molecule has 1 aromatic carbocycles. The van der Waals surface area contributed by atoms with Crippen LogP contribution in [-0.2, 0) is 6.18 Å². The molecule has 9 heteroatoms. The number of carboxylic acids is 1. The first-order chi connectivity index (χ1) is 10.3. The number of ether oxygens (including phenoxy) is 2. The Morgan fingerprint density at radius 3 is 2.32 bits per heavy atom. The van der Waals surface area contributed by atoms with Crippen LogP contribution in [0.4, 0.5) is 13.2 Å². The molecule has 118 valence electrons. The van der Waals surface area contributed by atoms with Crippen LogP contribution in [0.5, 0.6) is 11.5 Å². The first-order valence-electron chi connectivity index (χ1n) is 5.82. The van der Waals surface area contributed by atoms with E-state index in [4.69, 9.17) is 14.6 Å². The normalized spacial score (nSPS) is 11.3. The van der Waals surface area contributed by atoms with E-state index in [9.17, 15) is 18.0 Å². The fourth-order valence-electron chi connectivity index (χ4n) is 1.90. The summed E-state index contributed by atoms with van der Waals surface area (Å²) in [7, 11) is 2.24. The number of carbonyl (C=O) groups is 1. The third kappa shape index (κ3) is 2.69. The molecule has 0 aliphatic carbocycles. The summed E-state index contributed by atoms with van der Waals surface area (Å²) in [5.74, 6) is -2.54. The quantitative estimate of drug-likeness (QED) is 0.933. The molecule has 0 atom stereocenters. The summed E-state index contributed by atoms with van der Waals surface area (Å²) >= 11 is 0. The second kappa shape index (κ2) is 5.58. The molecule has 0 spiro atoms. The highest BCUT2D eigenvalue weighted by Crippen LogP contribution is 2.46. The van der Waals surface area contributed by atoms with Gasteiger partial charge in [-0.2, -0.15) is 13.2 Å². The lowest BCUT2D eigenvalue weighted by Crippen LogP contribution is -2.09. The number of methoxy groups -OCH3 is 2. The Morgan fingerprint density at radius 1 is 1.23 bits per heavy atom. The van der Waals surface area contributed by atoms with Gasteiger partial charge in [0.05, 0.1) is 14.2 Å². The number of rotatable bonds is 4. The Kier molecular flexibility index (Phi) is 3.98. The lowest BCUT2D eigenvalue weighted by molar-refractivity contribution is -0.138. The van der Waals surface area contributed by atoms with Gasteiger partial charge in [-0.15, -0.1) is 0 Å². The number of aromatic carboxylic acids is 1. The first-order valence-corrected chi connectivity index (χ1v) is 5.82. The molecule has 0 fully saturated rings. The van der Waals surface area contributed by atoms with Crippen molar-refractivity contribution in [2.45, 2.75) is 6.18 Å². The maximum absolute atomic E-state index is 12.9. The maximum atomic E-state index is 12.9. The molecule has 1 heterocycles. The summed E-state index contributed by atoms with van der Waals surface area (Å²) in [5.41, 5.74) is -0.887. The zero-order valence-electron chi connectivity index (χ0n) is 11.4. The molecular weight excluding hydrogens is 307 g/mol. The van der Waals surface area contributed by atoms with Gasteiger partial charge in [0.25, 0.3) is 0 Å². The van der Waals surface area contributed by atoms with Gasteiger partial charge in [0.1, 0.15) is 11.3 Å². The van der Waals surface area contributed by atoms with E-state index in [2.05, 4.69) is 9.68 Å². The van der Waals surface area contributed by atoms with Gasteiger partial charge in [-0.1, -0.05) is 5.16 Å². The van der Waals surface area contributed by atoms with Gasteiger partial charge >= 0.3 is 12.1 Å². The molecule has 0 amide bonds. The Bertz CT molecular complexity index is 708. The van der Waals surface area contributed by atoms with E-state index in [1.807, 2.05) is 0 Å². The number of hydrogen-bond donors (Lipinski definition) is 1. The Labute approximate surface area is 122 Å². The van der Waals surface area contributed by atoms with E-state index in [-0.39, 0.29) is 17.0 Å². The van der Waals surface area contributed by atoms with Gasteiger partial charge in [-0.3, -0.25) is 0 Å². The van der Waals surface area contributed by atoms with Crippen molar-refractivity contribution >= 4 is 5.97 Å². The van der Waals surface area contributed by atoms with Gasteiger partial charge in [-0.25, -0.2) is 4.79 Å². The standard InChI is InChI=1S/C13H10F3NO5/c1-20-10-6(8-5-9(12(18)19)22-17-8)3-4-7(11(10)21-2)13(14,15)16/h3-5H,1-2H3,(H,18,19). The van der Waals surface area contributed by atoms with Gasteiger partial charge in [0, 0.05) is 11.6 Å². The van der Waals surface area contributed by atoms with E-state index in [0.717, 1.165) is 25.3 Å². The molecule has 2 rings (SSSR count). The van der Waals surface area contributed by atoms with Crippen LogP contribution in [0.2, 0.25) is 0 Å². The average molecular weight is 317 g/mol. The van der Waals surface area contributed by atoms with Crippen molar-refractivity contribution in [1.82, 2.24) is 5.16 Å². The molecule has 0 aliphatic heterocycles. The van der Waals surface area contributed by atoms with E-state index in [0.29, 0.717) is 0 Å². The lowest BCUT2D eigenvalue weighted by atomic mass is 10.1. The molecule has 1 aromatic heterocycles. The van der Waals surface area contributed by atoms with Crippen molar-refractivity contribution < 1.29 is 37.1 Å². The second-order valence-corrected chi connectivity index (χ2v) is 4.11. The summed E-state index contributed by atoms with van der Waals surface area (Å²) in [6.45, 7) is 0. The highest BCUT2D eigenvalue weighted by molar-refractivity contribution is 5.86. The van der Waals surface area contributed by atoms with Crippen LogP contribution >= 0.6 is 0 Å². The van der Waals surface area contributed by atoms with Crippen LogP contribution in [0.1, 0.15) is 16.1 Å². The minimum atomic E-state index is -4.63. The number of halogens is 3. The van der Waals surface area contributed by atoms with Crippen LogP contribution in [0.15, 0.2) is 22.7 Å². The van der Waals surface area contributed by atoms with Gasteiger partial charge in [0.2, 0.25) is 5.76 Å². The van der Waals surface area contributed by atoms with Crippen molar-refractivity contribution in [3.05, 3.63) is 29.5 Å². The highest BCUT2D eigenvalue weighted by Gasteiger charge is 2.37. The summed E-state index contributed by atoms with van der Waals surface area (Å²) in [4.78, 5) is 10.8. The fourth-order valence-corrected chi connectivity index (χ4v) is 1.90. The molecule has 0 saturated heterocycles.